The average Bonchev–Trinajstić information content (AvgIpc) is 3.53. The summed E-state index contributed by atoms with van der Waals surface area (Å²) in [6.45, 7) is 7.30. The summed E-state index contributed by atoms with van der Waals surface area (Å²) in [5.41, 5.74) is 1.85. The lowest BCUT2D eigenvalue weighted by molar-refractivity contribution is 0.0680. The van der Waals surface area contributed by atoms with Gasteiger partial charge in [0.1, 0.15) is 18.1 Å². The first-order valence-electron chi connectivity index (χ1n) is 12.4. The zero-order chi connectivity index (χ0) is 23.5. The molecule has 1 amide bonds. The minimum atomic E-state index is -0.217. The molecule has 3 aromatic rings. The molecule has 2 aromatic heterocycles. The van der Waals surface area contributed by atoms with Gasteiger partial charge >= 0.3 is 0 Å². The van der Waals surface area contributed by atoms with Crippen LogP contribution in [-0.2, 0) is 13.2 Å². The van der Waals surface area contributed by atoms with Crippen LogP contribution in [-0.4, -0.2) is 35.1 Å². The van der Waals surface area contributed by atoms with Crippen molar-refractivity contribution in [3.8, 4) is 17.1 Å². The second-order valence-corrected chi connectivity index (χ2v) is 9.62. The molecule has 0 spiro atoms. The Kier molecular flexibility index (Phi) is 6.72. The van der Waals surface area contributed by atoms with Gasteiger partial charge in [0.2, 0.25) is 0 Å². The normalized spacial score (nSPS) is 21.6. The smallest absolute Gasteiger partial charge is 0.273 e. The maximum atomic E-state index is 12.9. The molecule has 1 aliphatic carbocycles. The molecule has 1 aliphatic heterocycles. The number of hydrogen-bond acceptors (Lipinski definition) is 6. The molecular weight excluding hydrogens is 430 g/mol. The Morgan fingerprint density at radius 1 is 1.18 bits per heavy atom. The summed E-state index contributed by atoms with van der Waals surface area (Å²) in [4.78, 5) is 15.4. The summed E-state index contributed by atoms with van der Waals surface area (Å²) in [6.07, 6.45) is 6.37. The van der Waals surface area contributed by atoms with E-state index >= 15 is 0 Å². The first-order chi connectivity index (χ1) is 16.6. The fraction of sp³-hybridized carbons (Fsp3) is 0.481. The van der Waals surface area contributed by atoms with E-state index in [1.165, 1.54) is 19.3 Å². The number of ether oxygens (including phenoxy) is 1. The number of carbonyl (C=O) groups excluding carboxylic acids is 1. The molecule has 0 saturated heterocycles. The number of furan rings is 1. The van der Waals surface area contributed by atoms with E-state index in [1.54, 1.807) is 6.26 Å². The van der Waals surface area contributed by atoms with Crippen molar-refractivity contribution >= 4 is 5.91 Å². The van der Waals surface area contributed by atoms with Gasteiger partial charge in [-0.15, -0.1) is 0 Å². The first kappa shape index (κ1) is 22.7. The SMILES string of the molecule is CC1CCCC(N(CCCNC(=O)c2noc3c2COc2ccccc2-3)Cc2ccco2)C1C. The van der Waals surface area contributed by atoms with Gasteiger partial charge in [-0.2, -0.15) is 0 Å². The molecule has 3 heterocycles. The lowest BCUT2D eigenvalue weighted by atomic mass is 9.77. The number of rotatable bonds is 8. The fourth-order valence-corrected chi connectivity index (χ4v) is 5.36. The number of amides is 1. The van der Waals surface area contributed by atoms with Crippen LogP contribution in [0.4, 0.5) is 0 Å². The van der Waals surface area contributed by atoms with E-state index in [9.17, 15) is 4.79 Å². The van der Waals surface area contributed by atoms with Gasteiger partial charge in [0.25, 0.3) is 5.91 Å². The van der Waals surface area contributed by atoms with Crippen molar-refractivity contribution in [2.75, 3.05) is 13.1 Å². The highest BCUT2D eigenvalue weighted by molar-refractivity contribution is 5.95. The minimum absolute atomic E-state index is 0.217. The highest BCUT2D eigenvalue weighted by Gasteiger charge is 2.32. The third-order valence-electron chi connectivity index (χ3n) is 7.49. The molecule has 34 heavy (non-hydrogen) atoms. The summed E-state index contributed by atoms with van der Waals surface area (Å²) >= 11 is 0. The number of benzene rings is 1. The van der Waals surface area contributed by atoms with E-state index in [0.717, 1.165) is 42.5 Å². The zero-order valence-corrected chi connectivity index (χ0v) is 20.0. The zero-order valence-electron chi connectivity index (χ0n) is 20.0. The van der Waals surface area contributed by atoms with E-state index in [0.29, 0.717) is 35.5 Å². The second-order valence-electron chi connectivity index (χ2n) is 9.62. The highest BCUT2D eigenvalue weighted by atomic mass is 16.5. The number of para-hydroxylation sites is 1. The summed E-state index contributed by atoms with van der Waals surface area (Å²) in [6, 6.07) is 12.2. The van der Waals surface area contributed by atoms with Crippen molar-refractivity contribution in [1.29, 1.82) is 0 Å². The Morgan fingerprint density at radius 3 is 2.91 bits per heavy atom. The van der Waals surface area contributed by atoms with E-state index in [1.807, 2.05) is 36.4 Å². The monoisotopic (exact) mass is 463 g/mol. The van der Waals surface area contributed by atoms with Crippen molar-refractivity contribution in [2.45, 2.75) is 58.7 Å². The number of nitrogens with zero attached hydrogens (tertiary/aromatic N) is 2. The molecule has 3 atom stereocenters. The predicted octanol–water partition coefficient (Wildman–Crippen LogP) is 5.27. The van der Waals surface area contributed by atoms with E-state index in [2.05, 4.69) is 29.2 Å². The lowest BCUT2D eigenvalue weighted by Crippen LogP contribution is -2.44. The fourth-order valence-electron chi connectivity index (χ4n) is 5.36. The van der Waals surface area contributed by atoms with E-state index in [-0.39, 0.29) is 12.5 Å². The molecule has 3 unspecified atom stereocenters. The summed E-state index contributed by atoms with van der Waals surface area (Å²) in [5.74, 6) is 3.51. The maximum Gasteiger partial charge on any atom is 0.273 e. The van der Waals surface area contributed by atoms with E-state index < -0.39 is 0 Å². The van der Waals surface area contributed by atoms with Gasteiger partial charge in [0.15, 0.2) is 11.5 Å². The molecule has 180 valence electrons. The Morgan fingerprint density at radius 2 is 2.06 bits per heavy atom. The van der Waals surface area contributed by atoms with Crippen LogP contribution in [0.15, 0.2) is 51.6 Å². The topological polar surface area (TPSA) is 80.7 Å². The molecule has 1 aromatic carbocycles. The number of carbonyl (C=O) groups is 1. The molecule has 1 N–H and O–H groups in total. The van der Waals surface area contributed by atoms with Gasteiger partial charge in [-0.25, -0.2) is 0 Å². The van der Waals surface area contributed by atoms with E-state index in [4.69, 9.17) is 13.7 Å². The second kappa shape index (κ2) is 10.1. The largest absolute Gasteiger partial charge is 0.488 e. The minimum Gasteiger partial charge on any atom is -0.488 e. The van der Waals surface area contributed by atoms with Crippen LogP contribution in [0, 0.1) is 11.8 Å². The van der Waals surface area contributed by atoms with Crippen LogP contribution in [0.3, 0.4) is 0 Å². The third-order valence-corrected chi connectivity index (χ3v) is 7.49. The van der Waals surface area contributed by atoms with Crippen molar-refractivity contribution in [1.82, 2.24) is 15.4 Å². The molecule has 0 radical (unpaired) electrons. The van der Waals surface area contributed by atoms with Gasteiger partial charge in [0, 0.05) is 19.1 Å². The van der Waals surface area contributed by atoms with Crippen LogP contribution in [0.2, 0.25) is 0 Å². The van der Waals surface area contributed by atoms with Crippen molar-refractivity contribution in [2.24, 2.45) is 11.8 Å². The molecule has 7 nitrogen and oxygen atoms in total. The lowest BCUT2D eigenvalue weighted by Gasteiger charge is -2.41. The summed E-state index contributed by atoms with van der Waals surface area (Å²) < 4.78 is 17.0. The molecule has 1 saturated carbocycles. The number of hydrogen-bond donors (Lipinski definition) is 1. The number of aromatic nitrogens is 1. The number of fused-ring (bicyclic) bond motifs is 3. The summed E-state index contributed by atoms with van der Waals surface area (Å²) in [7, 11) is 0. The van der Waals surface area contributed by atoms with Crippen LogP contribution < -0.4 is 10.1 Å². The molecule has 5 rings (SSSR count). The standard InChI is InChI=1S/C27H33N3O4/c1-18-8-5-11-23(19(18)2)30(16-20-9-6-15-32-20)14-7-13-28-27(31)25-22-17-33-24-12-4-3-10-21(24)26(22)34-29-25/h3-4,6,9-10,12,15,18-19,23H,5,7-8,11,13-14,16-17H2,1-2H3,(H,28,31). The van der Waals surface area contributed by atoms with Crippen LogP contribution in [0.25, 0.3) is 11.3 Å². The number of nitrogens with one attached hydrogen (secondary N) is 1. The Hall–Kier alpha value is -3.06. The Labute approximate surface area is 200 Å². The highest BCUT2D eigenvalue weighted by Crippen LogP contribution is 2.38. The van der Waals surface area contributed by atoms with Gasteiger partial charge in [0.05, 0.1) is 23.9 Å². The van der Waals surface area contributed by atoms with Gasteiger partial charge in [-0.05, 0) is 48.9 Å². The molecule has 2 aliphatic rings. The Balaban J connectivity index is 1.19. The predicted molar refractivity (Wildman–Crippen MR) is 128 cm³/mol. The van der Waals surface area contributed by atoms with Crippen LogP contribution in [0.1, 0.15) is 61.3 Å². The van der Waals surface area contributed by atoms with Crippen molar-refractivity contribution in [3.05, 3.63) is 59.7 Å². The molecular formula is C27H33N3O4. The van der Waals surface area contributed by atoms with Gasteiger partial charge in [-0.1, -0.05) is 44.0 Å². The van der Waals surface area contributed by atoms with Crippen molar-refractivity contribution < 1.29 is 18.5 Å². The quantitative estimate of drug-likeness (QED) is 0.458. The average molecular weight is 464 g/mol. The van der Waals surface area contributed by atoms with Gasteiger partial charge in [-0.3, -0.25) is 9.69 Å². The summed E-state index contributed by atoms with van der Waals surface area (Å²) in [5, 5.41) is 7.09. The van der Waals surface area contributed by atoms with Gasteiger partial charge < -0.3 is 19.0 Å². The maximum absolute atomic E-state index is 12.9. The van der Waals surface area contributed by atoms with Crippen molar-refractivity contribution in [3.63, 3.8) is 0 Å². The van der Waals surface area contributed by atoms with Crippen LogP contribution >= 0.6 is 0 Å². The third kappa shape index (κ3) is 4.62. The molecule has 1 fully saturated rings. The van der Waals surface area contributed by atoms with Crippen LogP contribution in [0.5, 0.6) is 5.75 Å². The molecule has 7 heteroatoms. The Bertz CT molecular complexity index is 1110. The first-order valence-corrected chi connectivity index (χ1v) is 12.4. The molecule has 0 bridgehead atoms.